The standard InChI is InChI=1S/C25H21F2N3O3/c1-33-20-9-7-16-11-17(14-28-18-5-3-2-4-6-18)25(32)30(23(16)13-20)15-24(31)29-19-8-10-21(26)22(27)12-19/h2-13,28H,14-15H2,1H3,(H,29,31). The van der Waals surface area contributed by atoms with Crippen molar-refractivity contribution in [3.63, 3.8) is 0 Å². The monoisotopic (exact) mass is 449 g/mol. The van der Waals surface area contributed by atoms with Crippen molar-refractivity contribution in [3.8, 4) is 5.75 Å². The molecule has 0 aliphatic rings. The van der Waals surface area contributed by atoms with E-state index in [4.69, 9.17) is 4.74 Å². The van der Waals surface area contributed by atoms with Crippen molar-refractivity contribution < 1.29 is 18.3 Å². The molecule has 3 aromatic carbocycles. The van der Waals surface area contributed by atoms with Crippen LogP contribution in [0.1, 0.15) is 5.56 Å². The number of pyridine rings is 1. The van der Waals surface area contributed by atoms with Crippen LogP contribution in [0.5, 0.6) is 5.75 Å². The topological polar surface area (TPSA) is 72.4 Å². The van der Waals surface area contributed by atoms with E-state index in [2.05, 4.69) is 10.6 Å². The summed E-state index contributed by atoms with van der Waals surface area (Å²) < 4.78 is 33.3. The molecule has 0 radical (unpaired) electrons. The van der Waals surface area contributed by atoms with Gasteiger partial charge in [-0.2, -0.15) is 0 Å². The molecule has 0 saturated heterocycles. The Morgan fingerprint density at radius 3 is 2.45 bits per heavy atom. The van der Waals surface area contributed by atoms with Crippen LogP contribution in [-0.4, -0.2) is 17.6 Å². The van der Waals surface area contributed by atoms with Crippen LogP contribution in [0.2, 0.25) is 0 Å². The fourth-order valence-electron chi connectivity index (χ4n) is 3.49. The molecule has 0 saturated carbocycles. The summed E-state index contributed by atoms with van der Waals surface area (Å²) in [6, 6.07) is 19.5. The molecule has 0 aliphatic carbocycles. The van der Waals surface area contributed by atoms with Gasteiger partial charge in [-0.1, -0.05) is 18.2 Å². The lowest BCUT2D eigenvalue weighted by Gasteiger charge is -2.15. The molecule has 1 heterocycles. The molecule has 0 atom stereocenters. The Balaban J connectivity index is 1.67. The molecule has 0 spiro atoms. The predicted molar refractivity (Wildman–Crippen MR) is 124 cm³/mol. The van der Waals surface area contributed by atoms with E-state index in [1.807, 2.05) is 36.4 Å². The van der Waals surface area contributed by atoms with Crippen LogP contribution >= 0.6 is 0 Å². The Morgan fingerprint density at radius 2 is 1.73 bits per heavy atom. The van der Waals surface area contributed by atoms with E-state index in [0.717, 1.165) is 23.2 Å². The number of anilines is 2. The number of carbonyl (C=O) groups is 1. The number of fused-ring (bicyclic) bond motifs is 1. The van der Waals surface area contributed by atoms with Crippen molar-refractivity contribution in [1.82, 2.24) is 4.57 Å². The number of para-hydroxylation sites is 1. The number of benzene rings is 3. The quantitative estimate of drug-likeness (QED) is 0.435. The maximum Gasteiger partial charge on any atom is 0.256 e. The highest BCUT2D eigenvalue weighted by Crippen LogP contribution is 2.21. The molecule has 1 aromatic heterocycles. The van der Waals surface area contributed by atoms with E-state index in [9.17, 15) is 18.4 Å². The molecule has 2 N–H and O–H groups in total. The van der Waals surface area contributed by atoms with Crippen LogP contribution in [0.3, 0.4) is 0 Å². The Bertz CT molecular complexity index is 1370. The minimum Gasteiger partial charge on any atom is -0.497 e. The van der Waals surface area contributed by atoms with Gasteiger partial charge in [-0.15, -0.1) is 0 Å². The van der Waals surface area contributed by atoms with E-state index in [0.29, 0.717) is 16.8 Å². The molecule has 1 amide bonds. The van der Waals surface area contributed by atoms with Crippen LogP contribution in [0.25, 0.3) is 10.9 Å². The first-order chi connectivity index (χ1) is 15.9. The van der Waals surface area contributed by atoms with Gasteiger partial charge in [-0.05, 0) is 47.9 Å². The van der Waals surface area contributed by atoms with Gasteiger partial charge in [0.1, 0.15) is 12.3 Å². The molecular formula is C25H21F2N3O3. The van der Waals surface area contributed by atoms with Gasteiger partial charge in [0.2, 0.25) is 5.91 Å². The van der Waals surface area contributed by atoms with Crippen LogP contribution in [-0.2, 0) is 17.9 Å². The summed E-state index contributed by atoms with van der Waals surface area (Å²) in [6.07, 6.45) is 0. The second-order valence-electron chi connectivity index (χ2n) is 7.38. The number of aromatic nitrogens is 1. The molecular weight excluding hydrogens is 428 g/mol. The van der Waals surface area contributed by atoms with Gasteiger partial charge in [-0.3, -0.25) is 14.2 Å². The molecule has 0 unspecified atom stereocenters. The minimum absolute atomic E-state index is 0.0933. The van der Waals surface area contributed by atoms with Crippen molar-refractivity contribution in [2.75, 3.05) is 17.7 Å². The lowest BCUT2D eigenvalue weighted by Crippen LogP contribution is -2.30. The number of nitrogens with zero attached hydrogens (tertiary/aromatic N) is 1. The maximum atomic E-state index is 13.5. The number of carbonyl (C=O) groups excluding carboxylic acids is 1. The van der Waals surface area contributed by atoms with Crippen molar-refractivity contribution in [1.29, 1.82) is 0 Å². The smallest absolute Gasteiger partial charge is 0.256 e. The normalized spacial score (nSPS) is 10.8. The fourth-order valence-corrected chi connectivity index (χ4v) is 3.49. The molecule has 0 aliphatic heterocycles. The summed E-state index contributed by atoms with van der Waals surface area (Å²) in [5, 5.41) is 6.46. The highest BCUT2D eigenvalue weighted by Gasteiger charge is 2.14. The van der Waals surface area contributed by atoms with Crippen LogP contribution < -0.4 is 20.9 Å². The average Bonchev–Trinajstić information content (AvgIpc) is 2.82. The molecule has 0 fully saturated rings. The second-order valence-corrected chi connectivity index (χ2v) is 7.38. The summed E-state index contributed by atoms with van der Waals surface area (Å²) in [4.78, 5) is 26.0. The van der Waals surface area contributed by atoms with Gasteiger partial charge in [0.05, 0.1) is 12.6 Å². The predicted octanol–water partition coefficient (Wildman–Crippen LogP) is 4.54. The Morgan fingerprint density at radius 1 is 0.939 bits per heavy atom. The Hall–Kier alpha value is -4.20. The largest absolute Gasteiger partial charge is 0.497 e. The van der Waals surface area contributed by atoms with Crippen molar-refractivity contribution in [2.24, 2.45) is 0 Å². The van der Waals surface area contributed by atoms with Gasteiger partial charge >= 0.3 is 0 Å². The summed E-state index contributed by atoms with van der Waals surface area (Å²) >= 11 is 0. The van der Waals surface area contributed by atoms with E-state index in [-0.39, 0.29) is 24.3 Å². The third-order valence-corrected chi connectivity index (χ3v) is 5.14. The lowest BCUT2D eigenvalue weighted by atomic mass is 10.1. The summed E-state index contributed by atoms with van der Waals surface area (Å²) in [6.45, 7) is -0.0592. The number of nitrogens with one attached hydrogen (secondary N) is 2. The first kappa shape index (κ1) is 22.0. The van der Waals surface area contributed by atoms with E-state index < -0.39 is 17.5 Å². The molecule has 4 aromatic rings. The third-order valence-electron chi connectivity index (χ3n) is 5.14. The zero-order chi connectivity index (χ0) is 23.4. The first-order valence-corrected chi connectivity index (χ1v) is 10.2. The molecule has 8 heteroatoms. The number of hydrogen-bond acceptors (Lipinski definition) is 4. The number of hydrogen-bond donors (Lipinski definition) is 2. The van der Waals surface area contributed by atoms with E-state index >= 15 is 0 Å². The minimum atomic E-state index is -1.07. The lowest BCUT2D eigenvalue weighted by molar-refractivity contribution is -0.116. The molecule has 6 nitrogen and oxygen atoms in total. The zero-order valence-electron chi connectivity index (χ0n) is 17.8. The number of halogens is 2. The number of amides is 1. The van der Waals surface area contributed by atoms with Crippen molar-refractivity contribution in [2.45, 2.75) is 13.1 Å². The summed E-state index contributed by atoms with van der Waals surface area (Å²) in [5.74, 6) is -2.11. The zero-order valence-corrected chi connectivity index (χ0v) is 17.8. The van der Waals surface area contributed by atoms with Gasteiger partial charge in [0.15, 0.2) is 11.6 Å². The van der Waals surface area contributed by atoms with Gasteiger partial charge in [0.25, 0.3) is 5.56 Å². The van der Waals surface area contributed by atoms with Crippen molar-refractivity contribution in [3.05, 3.63) is 100 Å². The van der Waals surface area contributed by atoms with Crippen LogP contribution in [0.4, 0.5) is 20.2 Å². The number of ether oxygens (including phenoxy) is 1. The first-order valence-electron chi connectivity index (χ1n) is 10.2. The highest BCUT2D eigenvalue weighted by molar-refractivity contribution is 5.92. The van der Waals surface area contributed by atoms with E-state index in [1.165, 1.54) is 17.7 Å². The second kappa shape index (κ2) is 9.52. The Kier molecular flexibility index (Phi) is 6.35. The maximum absolute atomic E-state index is 13.5. The van der Waals surface area contributed by atoms with Gasteiger partial charge < -0.3 is 15.4 Å². The SMILES string of the molecule is COc1ccc2cc(CNc3ccccc3)c(=O)n(CC(=O)Nc3ccc(F)c(F)c3)c2c1. The average molecular weight is 449 g/mol. The summed E-state index contributed by atoms with van der Waals surface area (Å²) in [7, 11) is 1.51. The van der Waals surface area contributed by atoms with Crippen molar-refractivity contribution >= 4 is 28.2 Å². The van der Waals surface area contributed by atoms with Gasteiger partial charge in [0, 0.05) is 35.6 Å². The number of rotatable bonds is 7. The molecule has 0 bridgehead atoms. The Labute approximate surface area is 188 Å². The fraction of sp³-hybridized carbons (Fsp3) is 0.120. The molecule has 4 rings (SSSR count). The summed E-state index contributed by atoms with van der Waals surface area (Å²) in [5.41, 5.74) is 1.59. The molecule has 168 valence electrons. The van der Waals surface area contributed by atoms with Gasteiger partial charge in [-0.25, -0.2) is 8.78 Å². The number of methoxy groups -OCH3 is 1. The molecule has 33 heavy (non-hydrogen) atoms. The van der Waals surface area contributed by atoms with Crippen LogP contribution in [0, 0.1) is 11.6 Å². The van der Waals surface area contributed by atoms with E-state index in [1.54, 1.807) is 18.2 Å². The highest BCUT2D eigenvalue weighted by atomic mass is 19.2. The van der Waals surface area contributed by atoms with Crippen LogP contribution in [0.15, 0.2) is 77.6 Å². The third kappa shape index (κ3) is 5.01.